The molecule has 16 heavy (non-hydrogen) atoms. The van der Waals surface area contributed by atoms with Gasteiger partial charge in [0.1, 0.15) is 6.61 Å². The molecule has 2 N–H and O–H groups in total. The van der Waals surface area contributed by atoms with Gasteiger partial charge >= 0.3 is 0 Å². The summed E-state index contributed by atoms with van der Waals surface area (Å²) < 4.78 is 25.3. The number of aliphatic hydroxyl groups is 1. The van der Waals surface area contributed by atoms with E-state index in [0.717, 1.165) is 0 Å². The van der Waals surface area contributed by atoms with E-state index in [2.05, 4.69) is 5.32 Å². The molecule has 0 saturated heterocycles. The number of nitrogens with one attached hydrogen (secondary N) is 1. The summed E-state index contributed by atoms with van der Waals surface area (Å²) in [5.74, 6) is -3.12. The number of halogens is 2. The van der Waals surface area contributed by atoms with Crippen LogP contribution in [0.5, 0.6) is 0 Å². The van der Waals surface area contributed by atoms with Crippen molar-refractivity contribution >= 4 is 0 Å². The Kier molecular flexibility index (Phi) is 4.35. The quantitative estimate of drug-likeness (QED) is 0.795. The predicted molar refractivity (Wildman–Crippen MR) is 54.9 cm³/mol. The van der Waals surface area contributed by atoms with E-state index in [9.17, 15) is 8.78 Å². The number of nitrogens with zero attached hydrogens (tertiary/aromatic N) is 1. The zero-order chi connectivity index (χ0) is 12.0. The summed E-state index contributed by atoms with van der Waals surface area (Å²) in [4.78, 5) is 0. The first-order valence-corrected chi connectivity index (χ1v) is 4.76. The lowest BCUT2D eigenvalue weighted by atomic mass is 10.1. The average molecular weight is 226 g/mol. The number of aliphatic hydroxyl groups excluding tert-OH is 1. The molecule has 86 valence electrons. The topological polar surface area (TPSA) is 56.0 Å². The Morgan fingerprint density at radius 3 is 2.69 bits per heavy atom. The fourth-order valence-corrected chi connectivity index (χ4v) is 1.22. The highest BCUT2D eigenvalue weighted by Gasteiger charge is 2.26. The number of benzene rings is 1. The largest absolute Gasteiger partial charge is 0.390 e. The first-order valence-electron chi connectivity index (χ1n) is 4.76. The van der Waals surface area contributed by atoms with Gasteiger partial charge in [0.15, 0.2) is 0 Å². The van der Waals surface area contributed by atoms with Gasteiger partial charge in [-0.3, -0.25) is 0 Å². The van der Waals surface area contributed by atoms with Crippen LogP contribution in [0.25, 0.3) is 0 Å². The first kappa shape index (κ1) is 12.6. The van der Waals surface area contributed by atoms with Gasteiger partial charge in [-0.05, 0) is 11.6 Å². The lowest BCUT2D eigenvalue weighted by molar-refractivity contribution is -0.0477. The van der Waals surface area contributed by atoms with E-state index < -0.39 is 19.1 Å². The van der Waals surface area contributed by atoms with Crippen molar-refractivity contribution in [2.45, 2.75) is 12.5 Å². The minimum atomic E-state index is -3.12. The standard InChI is InChI=1S/C11H12F2N2O/c12-11(13,8-16)7-15-6-10-4-2-1-3-9(10)5-14/h1-4,15-16H,6-8H2. The number of rotatable bonds is 5. The molecule has 0 saturated carbocycles. The van der Waals surface area contributed by atoms with E-state index in [1.54, 1.807) is 24.3 Å². The zero-order valence-electron chi connectivity index (χ0n) is 8.58. The second-order valence-electron chi connectivity index (χ2n) is 3.39. The summed E-state index contributed by atoms with van der Waals surface area (Å²) in [5, 5.41) is 19.6. The van der Waals surface area contributed by atoms with E-state index in [1.165, 1.54) is 0 Å². The monoisotopic (exact) mass is 226 g/mol. The maximum absolute atomic E-state index is 12.7. The predicted octanol–water partition coefficient (Wildman–Crippen LogP) is 1.28. The minimum Gasteiger partial charge on any atom is -0.390 e. The van der Waals surface area contributed by atoms with Crippen molar-refractivity contribution in [2.24, 2.45) is 0 Å². The van der Waals surface area contributed by atoms with Crippen molar-refractivity contribution in [1.29, 1.82) is 5.26 Å². The molecule has 0 aromatic heterocycles. The Morgan fingerprint density at radius 1 is 1.38 bits per heavy atom. The van der Waals surface area contributed by atoms with E-state index in [1.807, 2.05) is 6.07 Å². The molecule has 0 aliphatic heterocycles. The highest BCUT2D eigenvalue weighted by molar-refractivity contribution is 5.37. The molecular weight excluding hydrogens is 214 g/mol. The molecule has 1 rings (SSSR count). The van der Waals surface area contributed by atoms with Crippen LogP contribution in [-0.2, 0) is 6.54 Å². The van der Waals surface area contributed by atoms with Gasteiger partial charge in [0.25, 0.3) is 5.92 Å². The Morgan fingerprint density at radius 2 is 2.06 bits per heavy atom. The van der Waals surface area contributed by atoms with Gasteiger partial charge in [-0.2, -0.15) is 5.26 Å². The summed E-state index contributed by atoms with van der Waals surface area (Å²) in [6.07, 6.45) is 0. The van der Waals surface area contributed by atoms with Crippen LogP contribution in [0.2, 0.25) is 0 Å². The Balaban J connectivity index is 2.53. The maximum Gasteiger partial charge on any atom is 0.282 e. The Hall–Kier alpha value is -1.51. The molecule has 0 atom stereocenters. The van der Waals surface area contributed by atoms with Crippen molar-refractivity contribution in [3.8, 4) is 6.07 Å². The molecule has 1 aromatic rings. The molecule has 0 aliphatic rings. The van der Waals surface area contributed by atoms with Crippen LogP contribution in [0.3, 0.4) is 0 Å². The number of hydrogen-bond acceptors (Lipinski definition) is 3. The first-order chi connectivity index (χ1) is 7.59. The third-order valence-corrected chi connectivity index (χ3v) is 2.07. The second kappa shape index (κ2) is 5.54. The molecule has 0 heterocycles. The lowest BCUT2D eigenvalue weighted by Gasteiger charge is -2.14. The number of alkyl halides is 2. The highest BCUT2D eigenvalue weighted by atomic mass is 19.3. The molecule has 1 aromatic carbocycles. The van der Waals surface area contributed by atoms with Crippen molar-refractivity contribution in [3.63, 3.8) is 0 Å². The molecule has 0 fully saturated rings. The Labute approximate surface area is 92.3 Å². The normalized spacial score (nSPS) is 11.1. The van der Waals surface area contributed by atoms with Crippen LogP contribution in [0.15, 0.2) is 24.3 Å². The van der Waals surface area contributed by atoms with Gasteiger partial charge in [0.05, 0.1) is 18.2 Å². The maximum atomic E-state index is 12.7. The fraction of sp³-hybridized carbons (Fsp3) is 0.364. The van der Waals surface area contributed by atoms with Gasteiger partial charge in [-0.25, -0.2) is 8.78 Å². The highest BCUT2D eigenvalue weighted by Crippen LogP contribution is 2.11. The van der Waals surface area contributed by atoms with Crippen molar-refractivity contribution in [1.82, 2.24) is 5.32 Å². The zero-order valence-corrected chi connectivity index (χ0v) is 8.58. The van der Waals surface area contributed by atoms with Crippen LogP contribution >= 0.6 is 0 Å². The third-order valence-electron chi connectivity index (χ3n) is 2.07. The molecule has 0 spiro atoms. The van der Waals surface area contributed by atoms with Gasteiger partial charge in [-0.1, -0.05) is 18.2 Å². The molecule has 0 radical (unpaired) electrons. The van der Waals surface area contributed by atoms with Gasteiger partial charge in [0.2, 0.25) is 0 Å². The second-order valence-corrected chi connectivity index (χ2v) is 3.39. The van der Waals surface area contributed by atoms with E-state index >= 15 is 0 Å². The summed E-state index contributed by atoms with van der Waals surface area (Å²) in [6.45, 7) is -1.61. The number of hydrogen-bond donors (Lipinski definition) is 2. The molecule has 5 heteroatoms. The smallest absolute Gasteiger partial charge is 0.282 e. The Bertz CT molecular complexity index is 388. The number of nitriles is 1. The summed E-state index contributed by atoms with van der Waals surface area (Å²) in [6, 6.07) is 8.75. The van der Waals surface area contributed by atoms with E-state index in [4.69, 9.17) is 10.4 Å². The fourth-order valence-electron chi connectivity index (χ4n) is 1.22. The summed E-state index contributed by atoms with van der Waals surface area (Å²) in [7, 11) is 0. The van der Waals surface area contributed by atoms with Crippen LogP contribution in [0.4, 0.5) is 8.78 Å². The molecular formula is C11H12F2N2O. The van der Waals surface area contributed by atoms with E-state index in [-0.39, 0.29) is 6.54 Å². The molecule has 0 amide bonds. The van der Waals surface area contributed by atoms with Gasteiger partial charge in [-0.15, -0.1) is 0 Å². The van der Waals surface area contributed by atoms with Gasteiger partial charge < -0.3 is 10.4 Å². The molecule has 3 nitrogen and oxygen atoms in total. The molecule has 0 aliphatic carbocycles. The molecule has 0 bridgehead atoms. The summed E-state index contributed by atoms with van der Waals surface area (Å²) in [5.41, 5.74) is 1.13. The minimum absolute atomic E-state index is 0.180. The van der Waals surface area contributed by atoms with E-state index in [0.29, 0.717) is 11.1 Å². The van der Waals surface area contributed by atoms with Gasteiger partial charge in [0, 0.05) is 6.54 Å². The van der Waals surface area contributed by atoms with Crippen molar-refractivity contribution < 1.29 is 13.9 Å². The average Bonchev–Trinajstić information content (AvgIpc) is 2.29. The third kappa shape index (κ3) is 3.57. The summed E-state index contributed by atoms with van der Waals surface area (Å²) >= 11 is 0. The van der Waals surface area contributed by atoms with Crippen LogP contribution < -0.4 is 5.32 Å². The van der Waals surface area contributed by atoms with Crippen molar-refractivity contribution in [3.05, 3.63) is 35.4 Å². The molecule has 0 unspecified atom stereocenters. The van der Waals surface area contributed by atoms with Crippen LogP contribution in [0.1, 0.15) is 11.1 Å². The van der Waals surface area contributed by atoms with Crippen molar-refractivity contribution in [2.75, 3.05) is 13.2 Å². The van der Waals surface area contributed by atoms with Crippen LogP contribution in [-0.4, -0.2) is 24.2 Å². The lowest BCUT2D eigenvalue weighted by Crippen LogP contribution is -2.35. The SMILES string of the molecule is N#Cc1ccccc1CNCC(F)(F)CO. The van der Waals surface area contributed by atoms with Crippen LogP contribution in [0, 0.1) is 11.3 Å².